The largest absolute Gasteiger partial charge is 0.396 e. The highest BCUT2D eigenvalue weighted by Crippen LogP contribution is 2.29. The molecule has 0 amide bonds. The average molecular weight is 286 g/mol. The Morgan fingerprint density at radius 2 is 2.05 bits per heavy atom. The summed E-state index contributed by atoms with van der Waals surface area (Å²) in [6.45, 7) is 0.209. The fourth-order valence-electron chi connectivity index (χ4n) is 3.35. The number of rotatable bonds is 3. The van der Waals surface area contributed by atoms with Crippen LogP contribution in [-0.2, 0) is 7.05 Å². The second kappa shape index (κ2) is 5.90. The maximum absolute atomic E-state index is 12.1. The molecule has 4 heteroatoms. The van der Waals surface area contributed by atoms with Crippen molar-refractivity contribution in [2.75, 3.05) is 11.9 Å². The Bertz CT molecular complexity index is 693. The highest BCUT2D eigenvalue weighted by molar-refractivity contribution is 5.91. The van der Waals surface area contributed by atoms with Crippen LogP contribution < -0.4 is 10.9 Å². The summed E-state index contributed by atoms with van der Waals surface area (Å²) in [5, 5.41) is 14.1. The zero-order valence-electron chi connectivity index (χ0n) is 12.4. The van der Waals surface area contributed by atoms with Crippen LogP contribution in [-0.4, -0.2) is 22.3 Å². The monoisotopic (exact) mass is 286 g/mol. The van der Waals surface area contributed by atoms with Crippen LogP contribution in [0.5, 0.6) is 0 Å². The van der Waals surface area contributed by atoms with Crippen molar-refractivity contribution in [3.8, 4) is 0 Å². The van der Waals surface area contributed by atoms with Crippen molar-refractivity contribution >= 4 is 16.6 Å². The zero-order valence-corrected chi connectivity index (χ0v) is 12.4. The van der Waals surface area contributed by atoms with Crippen LogP contribution in [0.15, 0.2) is 35.1 Å². The van der Waals surface area contributed by atoms with Gasteiger partial charge in [-0.1, -0.05) is 31.0 Å². The molecule has 1 aromatic heterocycles. The lowest BCUT2D eigenvalue weighted by Gasteiger charge is -2.32. The normalized spacial score (nSPS) is 22.4. The summed E-state index contributed by atoms with van der Waals surface area (Å²) in [6.07, 6.45) is 4.46. The van der Waals surface area contributed by atoms with Crippen molar-refractivity contribution in [2.24, 2.45) is 13.0 Å². The number of aliphatic hydroxyl groups excluding tert-OH is 1. The molecule has 1 aliphatic carbocycles. The summed E-state index contributed by atoms with van der Waals surface area (Å²) in [7, 11) is 1.80. The maximum atomic E-state index is 12.1. The molecule has 0 aliphatic heterocycles. The summed E-state index contributed by atoms with van der Waals surface area (Å²) in [5.74, 6) is 0.279. The van der Waals surface area contributed by atoms with E-state index in [4.69, 9.17) is 0 Å². The topological polar surface area (TPSA) is 54.3 Å². The molecular weight excluding hydrogens is 264 g/mol. The molecule has 0 saturated heterocycles. The molecule has 112 valence electrons. The van der Waals surface area contributed by atoms with E-state index in [1.165, 1.54) is 12.8 Å². The molecule has 1 fully saturated rings. The second-order valence-corrected chi connectivity index (χ2v) is 5.95. The Morgan fingerprint density at radius 3 is 2.86 bits per heavy atom. The van der Waals surface area contributed by atoms with Gasteiger partial charge in [-0.05, 0) is 18.9 Å². The van der Waals surface area contributed by atoms with E-state index in [0.717, 1.165) is 29.4 Å². The van der Waals surface area contributed by atoms with Gasteiger partial charge >= 0.3 is 0 Å². The smallest absolute Gasteiger partial charge is 0.252 e. The molecule has 2 N–H and O–H groups in total. The van der Waals surface area contributed by atoms with Gasteiger partial charge in [0.1, 0.15) is 0 Å². The number of para-hydroxylation sites is 1. The molecule has 1 aliphatic rings. The van der Waals surface area contributed by atoms with E-state index >= 15 is 0 Å². The van der Waals surface area contributed by atoms with Gasteiger partial charge in [-0.3, -0.25) is 4.79 Å². The van der Waals surface area contributed by atoms with Crippen LogP contribution in [0.3, 0.4) is 0 Å². The zero-order chi connectivity index (χ0) is 14.8. The molecule has 1 heterocycles. The van der Waals surface area contributed by atoms with E-state index in [1.807, 2.05) is 24.3 Å². The van der Waals surface area contributed by atoms with Gasteiger partial charge in [0.25, 0.3) is 5.56 Å². The summed E-state index contributed by atoms with van der Waals surface area (Å²) in [5.41, 5.74) is 1.82. The van der Waals surface area contributed by atoms with Gasteiger partial charge in [0.05, 0.1) is 5.52 Å². The Labute approximate surface area is 124 Å². The fraction of sp³-hybridized carbons (Fsp3) is 0.471. The Balaban J connectivity index is 2.00. The molecule has 2 atom stereocenters. The molecule has 2 aromatic rings. The molecule has 3 rings (SSSR count). The van der Waals surface area contributed by atoms with Crippen LogP contribution in [0.1, 0.15) is 25.7 Å². The number of aryl methyl sites for hydroxylation is 1. The Kier molecular flexibility index (Phi) is 3.97. The summed E-state index contributed by atoms with van der Waals surface area (Å²) in [4.78, 5) is 12.1. The van der Waals surface area contributed by atoms with E-state index < -0.39 is 0 Å². The van der Waals surface area contributed by atoms with Crippen LogP contribution in [0.2, 0.25) is 0 Å². The molecule has 21 heavy (non-hydrogen) atoms. The van der Waals surface area contributed by atoms with Gasteiger partial charge in [0.15, 0.2) is 0 Å². The van der Waals surface area contributed by atoms with E-state index in [9.17, 15) is 9.90 Å². The molecule has 2 unspecified atom stereocenters. The highest BCUT2D eigenvalue weighted by atomic mass is 16.3. The third kappa shape index (κ3) is 2.68. The van der Waals surface area contributed by atoms with E-state index in [2.05, 4.69) is 5.32 Å². The summed E-state index contributed by atoms with van der Waals surface area (Å²) < 4.78 is 1.67. The molecule has 0 spiro atoms. The molecule has 0 radical (unpaired) electrons. The minimum Gasteiger partial charge on any atom is -0.396 e. The fourth-order valence-corrected chi connectivity index (χ4v) is 3.35. The Hall–Kier alpha value is -1.81. The first-order valence-corrected chi connectivity index (χ1v) is 7.67. The number of hydrogen-bond acceptors (Lipinski definition) is 3. The molecular formula is C17H22N2O2. The molecule has 1 saturated carbocycles. The number of anilines is 1. The highest BCUT2D eigenvalue weighted by Gasteiger charge is 2.24. The SMILES string of the molecule is Cn1c(=O)cc(NC2CCCCC2CO)c2ccccc21. The van der Waals surface area contributed by atoms with Crippen LogP contribution in [0.25, 0.3) is 10.9 Å². The number of aliphatic hydroxyl groups is 1. The lowest BCUT2D eigenvalue weighted by Crippen LogP contribution is -2.35. The number of hydrogen-bond donors (Lipinski definition) is 2. The molecule has 0 bridgehead atoms. The van der Waals surface area contributed by atoms with Crippen molar-refractivity contribution < 1.29 is 5.11 Å². The van der Waals surface area contributed by atoms with E-state index in [-0.39, 0.29) is 24.1 Å². The second-order valence-electron chi connectivity index (χ2n) is 5.95. The first-order chi connectivity index (χ1) is 10.2. The predicted octanol–water partition coefficient (Wildman–Crippen LogP) is 2.50. The molecule has 4 nitrogen and oxygen atoms in total. The standard InChI is InChI=1S/C17H22N2O2/c1-19-16-9-5-3-7-13(16)15(10-17(19)21)18-14-8-4-2-6-12(14)11-20/h3,5,7,9-10,12,14,18,20H,2,4,6,8,11H2,1H3. The number of nitrogens with one attached hydrogen (secondary N) is 1. The van der Waals surface area contributed by atoms with Crippen molar-refractivity contribution in [1.82, 2.24) is 4.57 Å². The van der Waals surface area contributed by atoms with Crippen molar-refractivity contribution in [2.45, 2.75) is 31.7 Å². The van der Waals surface area contributed by atoms with Crippen molar-refractivity contribution in [3.05, 3.63) is 40.7 Å². The van der Waals surface area contributed by atoms with Crippen LogP contribution >= 0.6 is 0 Å². The van der Waals surface area contributed by atoms with Crippen molar-refractivity contribution in [3.63, 3.8) is 0 Å². The quantitative estimate of drug-likeness (QED) is 0.911. The number of pyridine rings is 1. The first kappa shape index (κ1) is 14.1. The Morgan fingerprint density at radius 1 is 1.29 bits per heavy atom. The van der Waals surface area contributed by atoms with Gasteiger partial charge in [0.2, 0.25) is 0 Å². The maximum Gasteiger partial charge on any atom is 0.252 e. The lowest BCUT2D eigenvalue weighted by molar-refractivity contribution is 0.178. The van der Waals surface area contributed by atoms with Crippen molar-refractivity contribution in [1.29, 1.82) is 0 Å². The number of nitrogens with zero attached hydrogens (tertiary/aromatic N) is 1. The summed E-state index contributed by atoms with van der Waals surface area (Å²) in [6, 6.07) is 9.86. The molecule has 1 aromatic carbocycles. The van der Waals surface area contributed by atoms with Gasteiger partial charge in [-0.15, -0.1) is 0 Å². The third-order valence-corrected chi connectivity index (χ3v) is 4.64. The third-order valence-electron chi connectivity index (χ3n) is 4.64. The lowest BCUT2D eigenvalue weighted by atomic mass is 9.85. The number of aromatic nitrogens is 1. The number of benzene rings is 1. The van der Waals surface area contributed by atoms with Gasteiger partial charge in [0, 0.05) is 42.8 Å². The minimum absolute atomic E-state index is 0.00689. The average Bonchev–Trinajstić information content (AvgIpc) is 2.53. The van der Waals surface area contributed by atoms with E-state index in [0.29, 0.717) is 0 Å². The summed E-state index contributed by atoms with van der Waals surface area (Å²) >= 11 is 0. The predicted molar refractivity (Wildman–Crippen MR) is 85.6 cm³/mol. The van der Waals surface area contributed by atoms with Gasteiger partial charge in [-0.2, -0.15) is 0 Å². The van der Waals surface area contributed by atoms with Gasteiger partial charge < -0.3 is 15.0 Å². The van der Waals surface area contributed by atoms with Gasteiger partial charge in [-0.25, -0.2) is 0 Å². The van der Waals surface area contributed by atoms with Crippen LogP contribution in [0, 0.1) is 5.92 Å². The minimum atomic E-state index is -0.00689. The first-order valence-electron chi connectivity index (χ1n) is 7.67. The van der Waals surface area contributed by atoms with Crippen LogP contribution in [0.4, 0.5) is 5.69 Å². The number of fused-ring (bicyclic) bond motifs is 1. The van der Waals surface area contributed by atoms with E-state index in [1.54, 1.807) is 17.7 Å².